The van der Waals surface area contributed by atoms with Crippen LogP contribution in [-0.4, -0.2) is 16.1 Å². The van der Waals surface area contributed by atoms with E-state index in [0.29, 0.717) is 22.1 Å². The molecule has 0 saturated heterocycles. The Bertz CT molecular complexity index is 576. The molecule has 2 aromatic rings. The predicted octanol–water partition coefficient (Wildman–Crippen LogP) is 3.71. The first-order chi connectivity index (χ1) is 9.13. The predicted molar refractivity (Wildman–Crippen MR) is 77.6 cm³/mol. The van der Waals surface area contributed by atoms with Gasteiger partial charge in [-0.2, -0.15) is 0 Å². The minimum absolute atomic E-state index is 0.315. The summed E-state index contributed by atoms with van der Waals surface area (Å²) in [5.41, 5.74) is 2.82. The first kappa shape index (κ1) is 13.5. The van der Waals surface area contributed by atoms with Crippen LogP contribution in [-0.2, 0) is 12.8 Å². The van der Waals surface area contributed by atoms with Crippen LogP contribution in [0.1, 0.15) is 34.8 Å². The van der Waals surface area contributed by atoms with E-state index in [2.05, 4.69) is 29.4 Å². The molecule has 2 N–H and O–H groups in total. The maximum atomic E-state index is 11.1. The van der Waals surface area contributed by atoms with Gasteiger partial charge in [0.15, 0.2) is 5.13 Å². The summed E-state index contributed by atoms with van der Waals surface area (Å²) in [5, 5.41) is 12.9. The molecule has 0 aliphatic carbocycles. The summed E-state index contributed by atoms with van der Waals surface area (Å²) in [6, 6.07) is 8.06. The van der Waals surface area contributed by atoms with Gasteiger partial charge in [-0.1, -0.05) is 37.3 Å². The molecular weight excluding hydrogens is 260 g/mol. The Morgan fingerprint density at radius 3 is 2.42 bits per heavy atom. The zero-order chi connectivity index (χ0) is 13.8. The highest BCUT2D eigenvalue weighted by Crippen LogP contribution is 2.26. The molecule has 0 aliphatic rings. The highest BCUT2D eigenvalue weighted by molar-refractivity contribution is 7.17. The second-order valence-corrected chi connectivity index (χ2v) is 5.13. The molecule has 1 aromatic heterocycles. The average Bonchev–Trinajstić information content (AvgIpc) is 2.83. The topological polar surface area (TPSA) is 62.2 Å². The summed E-state index contributed by atoms with van der Waals surface area (Å²) in [4.78, 5) is 15.7. The summed E-state index contributed by atoms with van der Waals surface area (Å²) < 4.78 is 0. The first-order valence-electron chi connectivity index (χ1n) is 6.23. The molecule has 0 bridgehead atoms. The normalized spacial score (nSPS) is 10.4. The molecule has 0 spiro atoms. The van der Waals surface area contributed by atoms with Crippen molar-refractivity contribution < 1.29 is 9.90 Å². The fourth-order valence-electron chi connectivity index (χ4n) is 1.76. The molecule has 0 radical (unpaired) electrons. The monoisotopic (exact) mass is 276 g/mol. The smallest absolute Gasteiger partial charge is 0.347 e. The number of aromatic nitrogens is 1. The number of rotatable bonds is 5. The Morgan fingerprint density at radius 1 is 1.26 bits per heavy atom. The van der Waals surface area contributed by atoms with Crippen LogP contribution in [0.15, 0.2) is 24.3 Å². The summed E-state index contributed by atoms with van der Waals surface area (Å²) >= 11 is 1.18. The zero-order valence-corrected chi connectivity index (χ0v) is 11.8. The highest BCUT2D eigenvalue weighted by atomic mass is 32.1. The third kappa shape index (κ3) is 3.12. The van der Waals surface area contributed by atoms with Crippen LogP contribution in [0.2, 0.25) is 0 Å². The number of nitrogens with one attached hydrogen (secondary N) is 1. The number of nitrogens with zero attached hydrogens (tertiary/aromatic N) is 1. The number of thiazole rings is 1. The summed E-state index contributed by atoms with van der Waals surface area (Å²) in [7, 11) is 0. The lowest BCUT2D eigenvalue weighted by atomic mass is 10.1. The summed E-state index contributed by atoms with van der Waals surface area (Å²) in [6.07, 6.45) is 1.62. The van der Waals surface area contributed by atoms with Gasteiger partial charge in [0.2, 0.25) is 0 Å². The minimum atomic E-state index is -0.913. The standard InChI is InChI=1S/C14H16N2O2S/c1-3-9-5-7-10(8-6-9)15-14-16-11(4-2)12(19-14)13(17)18/h5-8H,3-4H2,1-2H3,(H,15,16)(H,17,18). The Balaban J connectivity index is 2.20. The van der Waals surface area contributed by atoms with Crippen molar-refractivity contribution in [3.05, 3.63) is 40.4 Å². The number of anilines is 2. The molecule has 0 unspecified atom stereocenters. The van der Waals surface area contributed by atoms with E-state index < -0.39 is 5.97 Å². The second-order valence-electron chi connectivity index (χ2n) is 4.13. The van der Waals surface area contributed by atoms with Crippen molar-refractivity contribution in [3.8, 4) is 0 Å². The fraction of sp³-hybridized carbons (Fsp3) is 0.286. The van der Waals surface area contributed by atoms with E-state index in [0.717, 1.165) is 12.1 Å². The zero-order valence-electron chi connectivity index (χ0n) is 10.9. The molecule has 5 heteroatoms. The van der Waals surface area contributed by atoms with E-state index in [1.54, 1.807) is 0 Å². The molecule has 100 valence electrons. The number of hydrogen-bond acceptors (Lipinski definition) is 4. The van der Waals surface area contributed by atoms with Crippen LogP contribution in [0.4, 0.5) is 10.8 Å². The number of carboxylic acids is 1. The van der Waals surface area contributed by atoms with Crippen molar-refractivity contribution in [2.24, 2.45) is 0 Å². The molecule has 0 atom stereocenters. The van der Waals surface area contributed by atoms with E-state index in [9.17, 15) is 4.79 Å². The number of aromatic carboxylic acids is 1. The van der Waals surface area contributed by atoms with Crippen molar-refractivity contribution in [1.29, 1.82) is 0 Å². The maximum Gasteiger partial charge on any atom is 0.347 e. The first-order valence-corrected chi connectivity index (χ1v) is 7.04. The van der Waals surface area contributed by atoms with Crippen LogP contribution in [0.3, 0.4) is 0 Å². The Kier molecular flexibility index (Phi) is 4.16. The number of benzene rings is 1. The van der Waals surface area contributed by atoms with Gasteiger partial charge in [0.25, 0.3) is 0 Å². The molecule has 1 heterocycles. The van der Waals surface area contributed by atoms with Gasteiger partial charge in [-0.05, 0) is 30.5 Å². The lowest BCUT2D eigenvalue weighted by Gasteiger charge is -2.03. The van der Waals surface area contributed by atoms with Crippen LogP contribution >= 0.6 is 11.3 Å². The van der Waals surface area contributed by atoms with Crippen LogP contribution in [0, 0.1) is 0 Å². The highest BCUT2D eigenvalue weighted by Gasteiger charge is 2.15. The SMILES string of the molecule is CCc1ccc(Nc2nc(CC)c(C(=O)O)s2)cc1. The van der Waals surface area contributed by atoms with E-state index in [1.165, 1.54) is 16.9 Å². The lowest BCUT2D eigenvalue weighted by Crippen LogP contribution is -1.97. The van der Waals surface area contributed by atoms with Gasteiger partial charge in [0.05, 0.1) is 5.69 Å². The van der Waals surface area contributed by atoms with Gasteiger partial charge in [0.1, 0.15) is 4.88 Å². The molecule has 19 heavy (non-hydrogen) atoms. The minimum Gasteiger partial charge on any atom is -0.477 e. The third-order valence-corrected chi connectivity index (χ3v) is 3.84. The molecule has 4 nitrogen and oxygen atoms in total. The van der Waals surface area contributed by atoms with Crippen molar-refractivity contribution >= 4 is 28.1 Å². The Hall–Kier alpha value is -1.88. The number of hydrogen-bond donors (Lipinski definition) is 2. The number of carbonyl (C=O) groups is 1. The lowest BCUT2D eigenvalue weighted by molar-refractivity contribution is 0.0701. The summed E-state index contributed by atoms with van der Waals surface area (Å²) in [6.45, 7) is 4.01. The van der Waals surface area contributed by atoms with Crippen molar-refractivity contribution in [2.45, 2.75) is 26.7 Å². The summed E-state index contributed by atoms with van der Waals surface area (Å²) in [5.74, 6) is -0.913. The van der Waals surface area contributed by atoms with Gasteiger partial charge in [0, 0.05) is 5.69 Å². The molecule has 1 aromatic carbocycles. The fourth-order valence-corrected chi connectivity index (χ4v) is 2.67. The molecule has 0 amide bonds. The van der Waals surface area contributed by atoms with Gasteiger partial charge in [-0.3, -0.25) is 0 Å². The Morgan fingerprint density at radius 2 is 1.95 bits per heavy atom. The van der Waals surface area contributed by atoms with Gasteiger partial charge in [-0.15, -0.1) is 0 Å². The van der Waals surface area contributed by atoms with E-state index in [4.69, 9.17) is 5.11 Å². The van der Waals surface area contributed by atoms with Gasteiger partial charge < -0.3 is 10.4 Å². The van der Waals surface area contributed by atoms with Crippen molar-refractivity contribution in [3.63, 3.8) is 0 Å². The number of carboxylic acid groups (broad SMARTS) is 1. The average molecular weight is 276 g/mol. The molecule has 0 aliphatic heterocycles. The van der Waals surface area contributed by atoms with E-state index >= 15 is 0 Å². The van der Waals surface area contributed by atoms with Gasteiger partial charge in [-0.25, -0.2) is 9.78 Å². The van der Waals surface area contributed by atoms with Gasteiger partial charge >= 0.3 is 5.97 Å². The van der Waals surface area contributed by atoms with Crippen molar-refractivity contribution in [1.82, 2.24) is 4.98 Å². The number of aryl methyl sites for hydroxylation is 2. The molecule has 0 saturated carbocycles. The van der Waals surface area contributed by atoms with Crippen LogP contribution in [0.5, 0.6) is 0 Å². The molecule has 0 fully saturated rings. The second kappa shape index (κ2) is 5.84. The molecular formula is C14H16N2O2S. The van der Waals surface area contributed by atoms with Crippen molar-refractivity contribution in [2.75, 3.05) is 5.32 Å². The van der Waals surface area contributed by atoms with Crippen LogP contribution in [0.25, 0.3) is 0 Å². The Labute approximate surface area is 116 Å². The molecule has 2 rings (SSSR count). The largest absolute Gasteiger partial charge is 0.477 e. The van der Waals surface area contributed by atoms with E-state index in [-0.39, 0.29) is 0 Å². The van der Waals surface area contributed by atoms with E-state index in [1.807, 2.05) is 19.1 Å². The van der Waals surface area contributed by atoms with Crippen LogP contribution < -0.4 is 5.32 Å². The quantitative estimate of drug-likeness (QED) is 0.874. The maximum absolute atomic E-state index is 11.1. The third-order valence-electron chi connectivity index (χ3n) is 2.84.